The molecule has 1 aromatic rings. The number of hydrogen-bond acceptors (Lipinski definition) is 5. The number of nitrogens with zero attached hydrogens (tertiary/aromatic N) is 1. The van der Waals surface area contributed by atoms with Crippen LogP contribution in [-0.4, -0.2) is 29.8 Å². The molecule has 0 spiro atoms. The average Bonchev–Trinajstić information content (AvgIpc) is 2.25. The third kappa shape index (κ3) is 3.09. The quantitative estimate of drug-likeness (QED) is 0.585. The topological polar surface area (TPSA) is 84.6 Å². The number of nitro benzene ring substituents is 1. The number of nitrogens with one attached hydrogen (secondary N) is 1. The maximum Gasteiger partial charge on any atom is 0.311 e. The molecule has 0 aliphatic heterocycles. The van der Waals surface area contributed by atoms with E-state index in [1.165, 1.54) is 19.2 Å². The van der Waals surface area contributed by atoms with Crippen molar-refractivity contribution < 1.29 is 14.8 Å². The van der Waals surface area contributed by atoms with Gasteiger partial charge in [-0.1, -0.05) is 0 Å². The molecule has 0 saturated heterocycles. The van der Waals surface area contributed by atoms with Gasteiger partial charge in [-0.3, -0.25) is 10.1 Å². The summed E-state index contributed by atoms with van der Waals surface area (Å²) in [6, 6.07) is 4.47. The lowest BCUT2D eigenvalue weighted by atomic mass is 10.2. The Balaban J connectivity index is 2.86. The zero-order valence-electron chi connectivity index (χ0n) is 9.14. The first kappa shape index (κ1) is 12.3. The molecule has 0 bridgehead atoms. The molecule has 16 heavy (non-hydrogen) atoms. The molecule has 1 atom stereocenters. The van der Waals surface area contributed by atoms with E-state index in [1.54, 1.807) is 13.0 Å². The van der Waals surface area contributed by atoms with Gasteiger partial charge in [-0.2, -0.15) is 0 Å². The fraction of sp³-hybridized carbons (Fsp3) is 0.400. The Bertz CT molecular complexity index is 379. The van der Waals surface area contributed by atoms with Crippen molar-refractivity contribution in [2.45, 2.75) is 13.0 Å². The maximum absolute atomic E-state index is 10.6. The highest BCUT2D eigenvalue weighted by Gasteiger charge is 2.14. The van der Waals surface area contributed by atoms with Gasteiger partial charge in [0.1, 0.15) is 0 Å². The van der Waals surface area contributed by atoms with Crippen molar-refractivity contribution in [2.24, 2.45) is 0 Å². The lowest BCUT2D eigenvalue weighted by Gasteiger charge is -2.09. The first-order valence-electron chi connectivity index (χ1n) is 4.79. The summed E-state index contributed by atoms with van der Waals surface area (Å²) in [6.07, 6.45) is -0.485. The van der Waals surface area contributed by atoms with Crippen molar-refractivity contribution >= 4 is 11.4 Å². The molecule has 6 nitrogen and oxygen atoms in total. The molecule has 0 radical (unpaired) electrons. The van der Waals surface area contributed by atoms with Crippen molar-refractivity contribution in [1.29, 1.82) is 0 Å². The SMILES string of the molecule is COc1cc(NCC(C)O)ccc1[N+](=O)[O-]. The number of rotatable bonds is 5. The number of aliphatic hydroxyl groups excluding tert-OH is 1. The van der Waals surface area contributed by atoms with Gasteiger partial charge in [-0.05, 0) is 13.0 Å². The fourth-order valence-electron chi connectivity index (χ4n) is 1.20. The van der Waals surface area contributed by atoms with Gasteiger partial charge in [0.05, 0.1) is 18.1 Å². The van der Waals surface area contributed by atoms with Gasteiger partial charge >= 0.3 is 5.69 Å². The van der Waals surface area contributed by atoms with Crippen LogP contribution in [0, 0.1) is 10.1 Å². The normalized spacial score (nSPS) is 11.9. The zero-order valence-corrected chi connectivity index (χ0v) is 9.14. The van der Waals surface area contributed by atoms with E-state index >= 15 is 0 Å². The molecule has 88 valence electrons. The van der Waals surface area contributed by atoms with Crippen LogP contribution in [0.1, 0.15) is 6.92 Å². The molecule has 1 rings (SSSR count). The van der Waals surface area contributed by atoms with Crippen molar-refractivity contribution in [3.05, 3.63) is 28.3 Å². The summed E-state index contributed by atoms with van der Waals surface area (Å²) in [7, 11) is 1.38. The molecule has 0 saturated carbocycles. The lowest BCUT2D eigenvalue weighted by Crippen LogP contribution is -2.15. The van der Waals surface area contributed by atoms with E-state index < -0.39 is 11.0 Å². The summed E-state index contributed by atoms with van der Waals surface area (Å²) >= 11 is 0. The summed E-state index contributed by atoms with van der Waals surface area (Å²) in [6.45, 7) is 2.02. The number of methoxy groups -OCH3 is 1. The van der Waals surface area contributed by atoms with Gasteiger partial charge in [-0.25, -0.2) is 0 Å². The minimum atomic E-state index is -0.503. The van der Waals surface area contributed by atoms with Crippen LogP contribution in [-0.2, 0) is 0 Å². The average molecular weight is 226 g/mol. The van der Waals surface area contributed by atoms with Gasteiger partial charge in [0.25, 0.3) is 0 Å². The maximum atomic E-state index is 10.6. The first-order valence-corrected chi connectivity index (χ1v) is 4.79. The molecule has 1 aromatic carbocycles. The molecule has 0 fully saturated rings. The van der Waals surface area contributed by atoms with Crippen LogP contribution in [0.4, 0.5) is 11.4 Å². The molecule has 2 N–H and O–H groups in total. The van der Waals surface area contributed by atoms with Crippen molar-refractivity contribution in [2.75, 3.05) is 19.0 Å². The Morgan fingerprint density at radius 2 is 2.31 bits per heavy atom. The summed E-state index contributed by atoms with van der Waals surface area (Å²) in [5.41, 5.74) is 0.591. The Hall–Kier alpha value is -1.82. The highest BCUT2D eigenvalue weighted by Crippen LogP contribution is 2.29. The predicted molar refractivity (Wildman–Crippen MR) is 59.8 cm³/mol. The Kier molecular flexibility index (Phi) is 4.07. The van der Waals surface area contributed by atoms with Crippen LogP contribution in [0.2, 0.25) is 0 Å². The number of anilines is 1. The van der Waals surface area contributed by atoms with E-state index in [0.29, 0.717) is 12.2 Å². The van der Waals surface area contributed by atoms with Gasteiger partial charge in [0.15, 0.2) is 5.75 Å². The standard InChI is InChI=1S/C10H14N2O4/c1-7(13)6-11-8-3-4-9(12(14)15)10(5-8)16-2/h3-5,7,11,13H,6H2,1-2H3. The molecule has 6 heteroatoms. The molecule has 0 heterocycles. The summed E-state index contributed by atoms with van der Waals surface area (Å²) in [4.78, 5) is 10.1. The van der Waals surface area contributed by atoms with Crippen LogP contribution in [0.5, 0.6) is 5.75 Å². The van der Waals surface area contributed by atoms with E-state index in [9.17, 15) is 10.1 Å². The highest BCUT2D eigenvalue weighted by molar-refractivity contribution is 5.57. The third-order valence-electron chi connectivity index (χ3n) is 1.98. The third-order valence-corrected chi connectivity index (χ3v) is 1.98. The van der Waals surface area contributed by atoms with Crippen molar-refractivity contribution in [1.82, 2.24) is 0 Å². The van der Waals surface area contributed by atoms with Crippen molar-refractivity contribution in [3.8, 4) is 5.75 Å². The summed E-state index contributed by atoms with van der Waals surface area (Å²) < 4.78 is 4.91. The predicted octanol–water partition coefficient (Wildman–Crippen LogP) is 1.40. The van der Waals surface area contributed by atoms with E-state index in [-0.39, 0.29) is 11.4 Å². The summed E-state index contributed by atoms with van der Waals surface area (Å²) in [5.74, 6) is 0.195. The minimum absolute atomic E-state index is 0.0786. The minimum Gasteiger partial charge on any atom is -0.490 e. The monoisotopic (exact) mass is 226 g/mol. The number of aliphatic hydroxyl groups is 1. The van der Waals surface area contributed by atoms with E-state index in [2.05, 4.69) is 5.32 Å². The molecule has 0 amide bonds. The fourth-order valence-corrected chi connectivity index (χ4v) is 1.20. The number of nitro groups is 1. The zero-order chi connectivity index (χ0) is 12.1. The van der Waals surface area contributed by atoms with Crippen LogP contribution in [0.15, 0.2) is 18.2 Å². The van der Waals surface area contributed by atoms with Crippen LogP contribution in [0.3, 0.4) is 0 Å². The molecule has 1 unspecified atom stereocenters. The second-order valence-corrected chi connectivity index (χ2v) is 3.37. The molecule has 0 aliphatic rings. The first-order chi connectivity index (χ1) is 7.54. The number of ether oxygens (including phenoxy) is 1. The molecule has 0 aromatic heterocycles. The Morgan fingerprint density at radius 3 is 2.81 bits per heavy atom. The molecule has 0 aliphatic carbocycles. The van der Waals surface area contributed by atoms with Crippen LogP contribution in [0.25, 0.3) is 0 Å². The largest absolute Gasteiger partial charge is 0.490 e. The second-order valence-electron chi connectivity index (χ2n) is 3.37. The van der Waals surface area contributed by atoms with Crippen LogP contribution < -0.4 is 10.1 Å². The number of hydrogen-bond donors (Lipinski definition) is 2. The van der Waals surface area contributed by atoms with E-state index in [1.807, 2.05) is 0 Å². The Morgan fingerprint density at radius 1 is 1.62 bits per heavy atom. The van der Waals surface area contributed by atoms with E-state index in [4.69, 9.17) is 9.84 Å². The van der Waals surface area contributed by atoms with Gasteiger partial charge < -0.3 is 15.2 Å². The smallest absolute Gasteiger partial charge is 0.311 e. The summed E-state index contributed by atoms with van der Waals surface area (Å²) in [5, 5.41) is 22.6. The molecular formula is C10H14N2O4. The lowest BCUT2D eigenvalue weighted by molar-refractivity contribution is -0.385. The second kappa shape index (κ2) is 5.32. The Labute approximate surface area is 93.0 Å². The molecular weight excluding hydrogens is 212 g/mol. The van der Waals surface area contributed by atoms with Gasteiger partial charge in [0.2, 0.25) is 0 Å². The number of benzene rings is 1. The van der Waals surface area contributed by atoms with Crippen molar-refractivity contribution in [3.63, 3.8) is 0 Å². The van der Waals surface area contributed by atoms with Crippen LogP contribution >= 0.6 is 0 Å². The van der Waals surface area contributed by atoms with Gasteiger partial charge in [0, 0.05) is 24.4 Å². The van der Waals surface area contributed by atoms with Gasteiger partial charge in [-0.15, -0.1) is 0 Å². The van der Waals surface area contributed by atoms with E-state index in [0.717, 1.165) is 0 Å². The highest BCUT2D eigenvalue weighted by atomic mass is 16.6.